The van der Waals surface area contributed by atoms with Gasteiger partial charge in [0.15, 0.2) is 0 Å². The minimum Gasteiger partial charge on any atom is -0.313 e. The van der Waals surface area contributed by atoms with E-state index in [1.165, 1.54) is 19.3 Å². The Kier molecular flexibility index (Phi) is 2.72. The van der Waals surface area contributed by atoms with Crippen LogP contribution in [-0.4, -0.2) is 12.6 Å². The zero-order valence-corrected chi connectivity index (χ0v) is 10.0. The van der Waals surface area contributed by atoms with E-state index >= 15 is 0 Å². The van der Waals surface area contributed by atoms with Crippen molar-refractivity contribution >= 4 is 0 Å². The molecule has 3 rings (SSSR count). The van der Waals surface area contributed by atoms with Crippen LogP contribution in [0.25, 0.3) is 0 Å². The van der Waals surface area contributed by atoms with E-state index in [0.717, 1.165) is 30.3 Å². The fourth-order valence-corrected chi connectivity index (χ4v) is 3.98. The molecule has 0 aromatic heterocycles. The third-order valence-electron chi connectivity index (χ3n) is 4.54. The average Bonchev–Trinajstić information content (AvgIpc) is 2.91. The Hall–Kier alpha value is -0.820. The maximum absolute atomic E-state index is 3.72. The molecule has 0 heterocycles. The third kappa shape index (κ3) is 1.58. The molecule has 0 saturated heterocycles. The summed E-state index contributed by atoms with van der Waals surface area (Å²) in [6.45, 7) is 3.34. The largest absolute Gasteiger partial charge is 0.313 e. The highest BCUT2D eigenvalue weighted by molar-refractivity contribution is 5.26. The lowest BCUT2D eigenvalue weighted by atomic mass is 9.80. The fraction of sp³-hybridized carbons (Fsp3) is 0.600. The summed E-state index contributed by atoms with van der Waals surface area (Å²) in [6, 6.07) is 11.9. The Balaban J connectivity index is 1.88. The van der Waals surface area contributed by atoms with E-state index < -0.39 is 0 Å². The van der Waals surface area contributed by atoms with Crippen molar-refractivity contribution in [3.8, 4) is 0 Å². The van der Waals surface area contributed by atoms with Crippen molar-refractivity contribution < 1.29 is 0 Å². The second-order valence-electron chi connectivity index (χ2n) is 5.35. The SMILES string of the molecule is CCNC1C(c2ccccc2)[C@@H]2CC[C@H]1C2. The molecule has 2 unspecified atom stereocenters. The van der Waals surface area contributed by atoms with Crippen LogP contribution in [0.15, 0.2) is 30.3 Å². The van der Waals surface area contributed by atoms with E-state index in [1.54, 1.807) is 5.56 Å². The first-order valence-corrected chi connectivity index (χ1v) is 6.68. The van der Waals surface area contributed by atoms with Gasteiger partial charge in [-0.2, -0.15) is 0 Å². The number of hydrogen-bond donors (Lipinski definition) is 1. The molecular formula is C15H21N. The average molecular weight is 215 g/mol. The highest BCUT2D eigenvalue weighted by Gasteiger charge is 2.47. The highest BCUT2D eigenvalue weighted by Crippen LogP contribution is 2.52. The molecule has 86 valence electrons. The standard InChI is InChI=1S/C15H21N/c1-2-16-15-13-9-8-12(10-13)14(15)11-6-4-3-5-7-11/h3-7,12-16H,2,8-10H2,1H3/t12-,13+,14?,15?/m1/s1. The summed E-state index contributed by atoms with van der Waals surface area (Å²) in [6.07, 6.45) is 4.36. The zero-order chi connectivity index (χ0) is 11.0. The summed E-state index contributed by atoms with van der Waals surface area (Å²) in [4.78, 5) is 0. The number of fused-ring (bicyclic) bond motifs is 2. The molecule has 1 aromatic carbocycles. The number of rotatable bonds is 3. The minimum atomic E-state index is 0.742. The quantitative estimate of drug-likeness (QED) is 0.816. The van der Waals surface area contributed by atoms with Gasteiger partial charge in [-0.05, 0) is 43.2 Å². The van der Waals surface area contributed by atoms with E-state index in [9.17, 15) is 0 Å². The maximum Gasteiger partial charge on any atom is 0.0167 e. The van der Waals surface area contributed by atoms with Gasteiger partial charge in [-0.25, -0.2) is 0 Å². The van der Waals surface area contributed by atoms with Gasteiger partial charge in [0.25, 0.3) is 0 Å². The van der Waals surface area contributed by atoms with Crippen molar-refractivity contribution in [2.45, 2.75) is 38.1 Å². The van der Waals surface area contributed by atoms with Crippen LogP contribution in [0, 0.1) is 11.8 Å². The summed E-state index contributed by atoms with van der Waals surface area (Å²) in [5.74, 6) is 2.66. The molecule has 1 aromatic rings. The summed E-state index contributed by atoms with van der Waals surface area (Å²) >= 11 is 0. The van der Waals surface area contributed by atoms with Crippen LogP contribution < -0.4 is 5.32 Å². The second-order valence-corrected chi connectivity index (χ2v) is 5.35. The van der Waals surface area contributed by atoms with Gasteiger partial charge in [0, 0.05) is 12.0 Å². The van der Waals surface area contributed by atoms with Gasteiger partial charge in [0.05, 0.1) is 0 Å². The molecule has 1 heteroatoms. The van der Waals surface area contributed by atoms with E-state index in [1.807, 2.05) is 0 Å². The lowest BCUT2D eigenvalue weighted by Crippen LogP contribution is -2.39. The maximum atomic E-state index is 3.72. The molecule has 16 heavy (non-hydrogen) atoms. The van der Waals surface area contributed by atoms with Gasteiger partial charge in [-0.15, -0.1) is 0 Å². The monoisotopic (exact) mass is 215 g/mol. The fourth-order valence-electron chi connectivity index (χ4n) is 3.98. The Morgan fingerprint density at radius 1 is 1.12 bits per heavy atom. The second kappa shape index (κ2) is 4.21. The molecule has 4 atom stereocenters. The Labute approximate surface area is 98.3 Å². The number of likely N-dealkylation sites (N-methyl/N-ethyl adjacent to an activating group) is 1. The number of benzene rings is 1. The van der Waals surface area contributed by atoms with Gasteiger partial charge in [-0.1, -0.05) is 37.3 Å². The molecule has 0 spiro atoms. The van der Waals surface area contributed by atoms with Crippen molar-refractivity contribution in [3.63, 3.8) is 0 Å². The lowest BCUT2D eigenvalue weighted by molar-refractivity contribution is 0.315. The molecule has 2 bridgehead atoms. The molecule has 2 saturated carbocycles. The van der Waals surface area contributed by atoms with Crippen LogP contribution in [0.3, 0.4) is 0 Å². The Bertz CT molecular complexity index is 346. The minimum absolute atomic E-state index is 0.742. The van der Waals surface area contributed by atoms with E-state index in [0.29, 0.717) is 0 Å². The lowest BCUT2D eigenvalue weighted by Gasteiger charge is -2.32. The molecule has 0 amide bonds. The molecule has 0 aliphatic heterocycles. The Morgan fingerprint density at radius 3 is 2.62 bits per heavy atom. The van der Waals surface area contributed by atoms with Gasteiger partial charge < -0.3 is 5.32 Å². The van der Waals surface area contributed by atoms with Crippen molar-refractivity contribution in [2.24, 2.45) is 11.8 Å². The summed E-state index contributed by atoms with van der Waals surface area (Å²) in [5, 5.41) is 3.72. The molecule has 0 radical (unpaired) electrons. The van der Waals surface area contributed by atoms with Crippen LogP contribution in [0.2, 0.25) is 0 Å². The van der Waals surface area contributed by atoms with Gasteiger partial charge in [0.1, 0.15) is 0 Å². The zero-order valence-electron chi connectivity index (χ0n) is 10.0. The van der Waals surface area contributed by atoms with Gasteiger partial charge in [-0.3, -0.25) is 0 Å². The van der Waals surface area contributed by atoms with Crippen LogP contribution in [-0.2, 0) is 0 Å². The number of nitrogens with one attached hydrogen (secondary N) is 1. The summed E-state index contributed by atoms with van der Waals surface area (Å²) in [5.41, 5.74) is 1.56. The van der Waals surface area contributed by atoms with Crippen molar-refractivity contribution in [2.75, 3.05) is 6.54 Å². The first kappa shape index (κ1) is 10.3. The first-order valence-electron chi connectivity index (χ1n) is 6.68. The molecule has 1 N–H and O–H groups in total. The van der Waals surface area contributed by atoms with E-state index in [-0.39, 0.29) is 0 Å². The molecular weight excluding hydrogens is 194 g/mol. The molecule has 2 aliphatic rings. The van der Waals surface area contributed by atoms with Crippen LogP contribution in [0.4, 0.5) is 0 Å². The normalized spacial score (nSPS) is 36.8. The first-order chi connectivity index (χ1) is 7.90. The predicted molar refractivity (Wildman–Crippen MR) is 67.5 cm³/mol. The van der Waals surface area contributed by atoms with Crippen molar-refractivity contribution in [1.82, 2.24) is 5.32 Å². The predicted octanol–water partition coefficient (Wildman–Crippen LogP) is 3.18. The van der Waals surface area contributed by atoms with Crippen LogP contribution >= 0.6 is 0 Å². The van der Waals surface area contributed by atoms with Crippen molar-refractivity contribution in [3.05, 3.63) is 35.9 Å². The van der Waals surface area contributed by atoms with Crippen molar-refractivity contribution in [1.29, 1.82) is 0 Å². The van der Waals surface area contributed by atoms with E-state index in [2.05, 4.69) is 42.6 Å². The highest BCUT2D eigenvalue weighted by atomic mass is 14.9. The topological polar surface area (TPSA) is 12.0 Å². The number of hydrogen-bond acceptors (Lipinski definition) is 1. The van der Waals surface area contributed by atoms with Gasteiger partial charge >= 0.3 is 0 Å². The molecule has 2 aliphatic carbocycles. The third-order valence-corrected chi connectivity index (χ3v) is 4.54. The van der Waals surface area contributed by atoms with Crippen LogP contribution in [0.1, 0.15) is 37.7 Å². The van der Waals surface area contributed by atoms with Crippen LogP contribution in [0.5, 0.6) is 0 Å². The van der Waals surface area contributed by atoms with E-state index in [4.69, 9.17) is 0 Å². The van der Waals surface area contributed by atoms with Gasteiger partial charge in [0.2, 0.25) is 0 Å². The smallest absolute Gasteiger partial charge is 0.0167 e. The molecule has 2 fully saturated rings. The molecule has 1 nitrogen and oxygen atoms in total. The Morgan fingerprint density at radius 2 is 1.88 bits per heavy atom. The summed E-state index contributed by atoms with van der Waals surface area (Å²) in [7, 11) is 0. The summed E-state index contributed by atoms with van der Waals surface area (Å²) < 4.78 is 0.